The number of carbonyl (C=O) groups is 1. The maximum Gasteiger partial charge on any atom is 0.419 e. The summed E-state index contributed by atoms with van der Waals surface area (Å²) in [5, 5.41) is 8.89. The van der Waals surface area contributed by atoms with E-state index in [9.17, 15) is 22.4 Å². The number of carboxylic acids is 1. The minimum atomic E-state index is -4.65. The van der Waals surface area contributed by atoms with Crippen LogP contribution in [0.4, 0.5) is 17.6 Å². The second-order valence-corrected chi connectivity index (χ2v) is 7.63. The molecule has 3 nitrogen and oxygen atoms in total. The normalized spacial score (nSPS) is 11.9. The van der Waals surface area contributed by atoms with Crippen LogP contribution in [0.25, 0.3) is 12.2 Å². The Hall–Kier alpha value is -3.58. The van der Waals surface area contributed by atoms with Crippen molar-refractivity contribution in [1.82, 2.24) is 0 Å². The molecular weight excluding hydrogens is 472 g/mol. The molecule has 0 heterocycles. The zero-order chi connectivity index (χ0) is 24.7. The fourth-order valence-corrected chi connectivity index (χ4v) is 3.44. The average molecular weight is 491 g/mol. The predicted molar refractivity (Wildman–Crippen MR) is 123 cm³/mol. The topological polar surface area (TPSA) is 46.5 Å². The molecular formula is C26H19ClF4O3. The van der Waals surface area contributed by atoms with E-state index >= 15 is 0 Å². The number of para-hydroxylation sites is 1. The molecule has 8 heteroatoms. The lowest BCUT2D eigenvalue weighted by Crippen LogP contribution is -2.10. The number of hydrogen-bond acceptors (Lipinski definition) is 2. The summed E-state index contributed by atoms with van der Waals surface area (Å²) in [6.07, 6.45) is 1.34. The van der Waals surface area contributed by atoms with E-state index < -0.39 is 23.5 Å². The van der Waals surface area contributed by atoms with E-state index in [4.69, 9.17) is 21.4 Å². The molecule has 0 fully saturated rings. The highest BCUT2D eigenvalue weighted by Gasteiger charge is 2.35. The van der Waals surface area contributed by atoms with Crippen LogP contribution < -0.4 is 4.74 Å². The smallest absolute Gasteiger partial charge is 0.419 e. The molecule has 3 rings (SSSR count). The van der Waals surface area contributed by atoms with Gasteiger partial charge in [0.2, 0.25) is 0 Å². The third kappa shape index (κ3) is 6.71. The Morgan fingerprint density at radius 3 is 2.41 bits per heavy atom. The molecule has 3 aromatic carbocycles. The van der Waals surface area contributed by atoms with Gasteiger partial charge in [0.15, 0.2) is 0 Å². The van der Waals surface area contributed by atoms with Gasteiger partial charge in [-0.2, -0.15) is 13.2 Å². The zero-order valence-corrected chi connectivity index (χ0v) is 18.4. The second-order valence-electron chi connectivity index (χ2n) is 7.22. The summed E-state index contributed by atoms with van der Waals surface area (Å²) < 4.78 is 59.7. The molecule has 1 N–H and O–H groups in total. The number of carboxylic acid groups (broad SMARTS) is 1. The van der Waals surface area contributed by atoms with Crippen molar-refractivity contribution in [2.75, 3.05) is 0 Å². The van der Waals surface area contributed by atoms with Crippen molar-refractivity contribution in [2.24, 2.45) is 0 Å². The van der Waals surface area contributed by atoms with E-state index in [0.29, 0.717) is 17.5 Å². The van der Waals surface area contributed by atoms with Crippen LogP contribution in [0.15, 0.2) is 72.8 Å². The Kier molecular flexibility index (Phi) is 8.12. The van der Waals surface area contributed by atoms with Crippen LogP contribution in [0.2, 0.25) is 5.02 Å². The van der Waals surface area contributed by atoms with Crippen LogP contribution in [0.3, 0.4) is 0 Å². The van der Waals surface area contributed by atoms with E-state index in [0.717, 1.165) is 29.8 Å². The number of benzene rings is 3. The van der Waals surface area contributed by atoms with Crippen molar-refractivity contribution < 1.29 is 32.2 Å². The van der Waals surface area contributed by atoms with Crippen molar-refractivity contribution in [1.29, 1.82) is 0 Å². The van der Waals surface area contributed by atoms with Gasteiger partial charge in [-0.05, 0) is 41.8 Å². The first-order chi connectivity index (χ1) is 16.1. The lowest BCUT2D eigenvalue weighted by molar-refractivity contribution is -0.139. The molecule has 0 amide bonds. The summed E-state index contributed by atoms with van der Waals surface area (Å²) in [7, 11) is 0. The predicted octanol–water partition coefficient (Wildman–Crippen LogP) is 7.43. The third-order valence-electron chi connectivity index (χ3n) is 4.83. The maximum atomic E-state index is 13.6. The molecule has 0 atom stereocenters. The Morgan fingerprint density at radius 2 is 1.71 bits per heavy atom. The van der Waals surface area contributed by atoms with E-state index in [1.807, 2.05) is 0 Å². The molecule has 3 aromatic rings. The molecule has 0 aromatic heterocycles. The lowest BCUT2D eigenvalue weighted by atomic mass is 10.0. The highest BCUT2D eigenvalue weighted by molar-refractivity contribution is 6.31. The van der Waals surface area contributed by atoms with E-state index in [1.165, 1.54) is 30.4 Å². The van der Waals surface area contributed by atoms with Gasteiger partial charge >= 0.3 is 12.1 Å². The molecule has 176 valence electrons. The van der Waals surface area contributed by atoms with Gasteiger partial charge in [-0.3, -0.25) is 0 Å². The first-order valence-corrected chi connectivity index (χ1v) is 10.5. The molecule has 0 unspecified atom stereocenters. The molecule has 0 spiro atoms. The zero-order valence-electron chi connectivity index (χ0n) is 17.7. The molecule has 0 radical (unpaired) electrons. The van der Waals surface area contributed by atoms with Crippen LogP contribution in [0, 0.1) is 5.82 Å². The third-order valence-corrected chi connectivity index (χ3v) is 5.19. The summed E-state index contributed by atoms with van der Waals surface area (Å²) in [6.45, 7) is -0.282. The summed E-state index contributed by atoms with van der Waals surface area (Å²) in [5.41, 5.74) is 1.07. The summed E-state index contributed by atoms with van der Waals surface area (Å²) in [4.78, 5) is 10.8. The molecule has 0 aliphatic carbocycles. The number of ether oxygens (including phenoxy) is 1. The molecule has 34 heavy (non-hydrogen) atoms. The van der Waals surface area contributed by atoms with Gasteiger partial charge in [-0.15, -0.1) is 0 Å². The van der Waals surface area contributed by atoms with Crippen molar-refractivity contribution in [3.63, 3.8) is 0 Å². The van der Waals surface area contributed by atoms with E-state index in [2.05, 4.69) is 0 Å². The van der Waals surface area contributed by atoms with Crippen LogP contribution in [-0.2, 0) is 24.0 Å². The van der Waals surface area contributed by atoms with Crippen LogP contribution in [-0.4, -0.2) is 11.1 Å². The van der Waals surface area contributed by atoms with Gasteiger partial charge in [0.25, 0.3) is 0 Å². The minimum absolute atomic E-state index is 0.0487. The Bertz CT molecular complexity index is 1230. The Morgan fingerprint density at radius 1 is 0.971 bits per heavy atom. The molecule has 0 bridgehead atoms. The van der Waals surface area contributed by atoms with Crippen LogP contribution >= 0.6 is 11.6 Å². The monoisotopic (exact) mass is 490 g/mol. The molecule has 0 aliphatic heterocycles. The quantitative estimate of drug-likeness (QED) is 0.264. The number of rotatable bonds is 8. The van der Waals surface area contributed by atoms with Crippen molar-refractivity contribution in [2.45, 2.75) is 19.2 Å². The number of alkyl halides is 3. The molecule has 0 saturated heterocycles. The number of allylic oxidation sites excluding steroid dienone is 1. The van der Waals surface area contributed by atoms with Crippen molar-refractivity contribution in [3.8, 4) is 5.75 Å². The number of aliphatic carboxylic acids is 1. The Balaban J connectivity index is 1.88. The van der Waals surface area contributed by atoms with Crippen molar-refractivity contribution in [3.05, 3.63) is 111 Å². The molecule has 0 aliphatic rings. The van der Waals surface area contributed by atoms with Crippen LogP contribution in [0.5, 0.6) is 5.75 Å². The van der Waals surface area contributed by atoms with Gasteiger partial charge < -0.3 is 9.84 Å². The minimum Gasteiger partial charge on any atom is -0.488 e. The van der Waals surface area contributed by atoms with Crippen molar-refractivity contribution >= 4 is 29.7 Å². The molecule has 0 saturated carbocycles. The summed E-state index contributed by atoms with van der Waals surface area (Å²) in [6, 6.07) is 14.3. The highest BCUT2D eigenvalue weighted by atomic mass is 35.5. The van der Waals surface area contributed by atoms with Gasteiger partial charge in [0.05, 0.1) is 10.6 Å². The first kappa shape index (κ1) is 25.1. The first-order valence-electron chi connectivity index (χ1n) is 10.1. The number of halogens is 5. The highest BCUT2D eigenvalue weighted by Crippen LogP contribution is 2.39. The fraction of sp³-hybridized carbons (Fsp3) is 0.115. The standard InChI is InChI=1S/C26H19ClF4O3/c27-23-15-21(28)13-11-20(23)16-34-25-19(9-4-10-22(25)26(29,30)31)8-3-7-17-5-1-2-6-18(17)12-14-24(32)33/h1-6,8-15H,7,16H2,(H,32,33)/b8-3+,14-12+. The second kappa shape index (κ2) is 11.0. The number of hydrogen-bond donors (Lipinski definition) is 1. The van der Waals surface area contributed by atoms with Gasteiger partial charge in [-0.25, -0.2) is 9.18 Å². The average Bonchev–Trinajstić information content (AvgIpc) is 2.77. The Labute approximate surface area is 198 Å². The van der Waals surface area contributed by atoms with E-state index in [-0.39, 0.29) is 22.9 Å². The van der Waals surface area contributed by atoms with Crippen LogP contribution in [0.1, 0.15) is 27.8 Å². The van der Waals surface area contributed by atoms with Gasteiger partial charge in [-0.1, -0.05) is 66.2 Å². The van der Waals surface area contributed by atoms with Gasteiger partial charge in [0.1, 0.15) is 18.2 Å². The SMILES string of the molecule is O=C(O)/C=C/c1ccccc1C/C=C/c1cccc(C(F)(F)F)c1OCc1ccc(F)cc1Cl. The van der Waals surface area contributed by atoms with Gasteiger partial charge in [0, 0.05) is 17.2 Å². The fourth-order valence-electron chi connectivity index (χ4n) is 3.22. The summed E-state index contributed by atoms with van der Waals surface area (Å²) in [5.74, 6) is -2.02. The lowest BCUT2D eigenvalue weighted by Gasteiger charge is -2.17. The van der Waals surface area contributed by atoms with E-state index in [1.54, 1.807) is 30.3 Å². The largest absolute Gasteiger partial charge is 0.488 e. The maximum absolute atomic E-state index is 13.6. The summed E-state index contributed by atoms with van der Waals surface area (Å²) >= 11 is 5.98.